The molecule has 2 N–H and O–H groups in total. The van der Waals surface area contributed by atoms with E-state index in [2.05, 4.69) is 10.3 Å². The quantitative estimate of drug-likeness (QED) is 0.755. The van der Waals surface area contributed by atoms with Crippen LogP contribution in [0.2, 0.25) is 0 Å². The molecule has 0 radical (unpaired) electrons. The zero-order chi connectivity index (χ0) is 11.5. The molecule has 0 aromatic carbocycles. The smallest absolute Gasteiger partial charge is 0.253 e. The van der Waals surface area contributed by atoms with Gasteiger partial charge in [0, 0.05) is 18.9 Å². The molecule has 2 atom stereocenters. The monoisotopic (exact) mass is 222 g/mol. The second-order valence-corrected chi connectivity index (χ2v) is 3.89. The van der Waals surface area contributed by atoms with E-state index in [0.29, 0.717) is 12.2 Å². The summed E-state index contributed by atoms with van der Waals surface area (Å²) in [4.78, 5) is 25.1. The van der Waals surface area contributed by atoms with Crippen molar-refractivity contribution >= 4 is 5.91 Å². The normalized spacial score (nSPS) is 24.3. The Labute approximate surface area is 92.8 Å². The van der Waals surface area contributed by atoms with Crippen LogP contribution in [0.5, 0.6) is 0 Å². The van der Waals surface area contributed by atoms with Gasteiger partial charge >= 0.3 is 0 Å². The molecular formula is C11H14N2O3. The second-order valence-electron chi connectivity index (χ2n) is 3.89. The summed E-state index contributed by atoms with van der Waals surface area (Å²) in [6.07, 6.45) is 2.29. The molecule has 86 valence electrons. The molecule has 1 saturated heterocycles. The maximum Gasteiger partial charge on any atom is 0.253 e. The minimum atomic E-state index is -0.214. The zero-order valence-electron chi connectivity index (χ0n) is 9.03. The largest absolute Gasteiger partial charge is 0.376 e. The first kappa shape index (κ1) is 10.9. The van der Waals surface area contributed by atoms with Crippen LogP contribution in [0.15, 0.2) is 23.1 Å². The van der Waals surface area contributed by atoms with Gasteiger partial charge in [0.25, 0.3) is 5.91 Å². The Morgan fingerprint density at radius 2 is 2.38 bits per heavy atom. The van der Waals surface area contributed by atoms with Crippen molar-refractivity contribution in [3.05, 3.63) is 34.2 Å². The lowest BCUT2D eigenvalue weighted by atomic mass is 10.1. The zero-order valence-corrected chi connectivity index (χ0v) is 9.03. The molecule has 2 rings (SSSR count). The summed E-state index contributed by atoms with van der Waals surface area (Å²) in [6.45, 7) is 2.61. The number of ether oxygens (including phenoxy) is 1. The molecule has 2 heterocycles. The minimum Gasteiger partial charge on any atom is -0.376 e. The fraction of sp³-hybridized carbons (Fsp3) is 0.455. The van der Waals surface area contributed by atoms with Gasteiger partial charge in [-0.1, -0.05) is 0 Å². The number of aromatic amines is 1. The number of H-pyrrole nitrogens is 1. The molecule has 1 aromatic heterocycles. The highest BCUT2D eigenvalue weighted by Crippen LogP contribution is 2.13. The molecule has 0 bridgehead atoms. The van der Waals surface area contributed by atoms with E-state index in [9.17, 15) is 9.59 Å². The van der Waals surface area contributed by atoms with E-state index in [0.717, 1.165) is 6.42 Å². The van der Waals surface area contributed by atoms with Crippen LogP contribution in [0, 0.1) is 0 Å². The highest BCUT2D eigenvalue weighted by atomic mass is 16.5. The average molecular weight is 222 g/mol. The summed E-state index contributed by atoms with van der Waals surface area (Å²) in [7, 11) is 0. The Morgan fingerprint density at radius 3 is 2.94 bits per heavy atom. The van der Waals surface area contributed by atoms with Crippen molar-refractivity contribution in [2.75, 3.05) is 6.61 Å². The van der Waals surface area contributed by atoms with Crippen molar-refractivity contribution in [3.8, 4) is 0 Å². The van der Waals surface area contributed by atoms with Crippen LogP contribution in [0.25, 0.3) is 0 Å². The molecule has 0 saturated carbocycles. The summed E-state index contributed by atoms with van der Waals surface area (Å²) in [5.74, 6) is -0.182. The molecular weight excluding hydrogens is 208 g/mol. The van der Waals surface area contributed by atoms with Crippen LogP contribution >= 0.6 is 0 Å². The number of hydrogen-bond acceptors (Lipinski definition) is 3. The third kappa shape index (κ3) is 2.30. The van der Waals surface area contributed by atoms with Gasteiger partial charge < -0.3 is 15.0 Å². The van der Waals surface area contributed by atoms with E-state index in [1.165, 1.54) is 18.3 Å². The Bertz CT molecular complexity index is 421. The number of pyridine rings is 1. The Hall–Kier alpha value is -1.62. The van der Waals surface area contributed by atoms with E-state index in [-0.39, 0.29) is 23.6 Å². The van der Waals surface area contributed by atoms with E-state index in [1.807, 2.05) is 6.92 Å². The molecule has 0 spiro atoms. The predicted octanol–water partition coefficient (Wildman–Crippen LogP) is 0.282. The van der Waals surface area contributed by atoms with E-state index >= 15 is 0 Å². The van der Waals surface area contributed by atoms with Gasteiger partial charge in [0.15, 0.2) is 0 Å². The molecule has 1 amide bonds. The number of rotatable bonds is 2. The number of aromatic nitrogens is 1. The topological polar surface area (TPSA) is 71.2 Å². The third-order valence-corrected chi connectivity index (χ3v) is 2.74. The summed E-state index contributed by atoms with van der Waals surface area (Å²) in [5, 5.41) is 2.88. The van der Waals surface area contributed by atoms with Gasteiger partial charge in [-0.15, -0.1) is 0 Å². The molecule has 1 aliphatic rings. The number of carbonyl (C=O) groups excluding carboxylic acids is 1. The first-order chi connectivity index (χ1) is 7.66. The third-order valence-electron chi connectivity index (χ3n) is 2.74. The van der Waals surface area contributed by atoms with Gasteiger partial charge in [-0.3, -0.25) is 9.59 Å². The molecule has 2 unspecified atom stereocenters. The van der Waals surface area contributed by atoms with Gasteiger partial charge in [0.2, 0.25) is 5.56 Å². The number of amides is 1. The van der Waals surface area contributed by atoms with Gasteiger partial charge in [0.05, 0.1) is 17.7 Å². The Balaban J connectivity index is 2.02. The van der Waals surface area contributed by atoms with Crippen molar-refractivity contribution in [2.45, 2.75) is 25.5 Å². The SMILES string of the molecule is CC1OCCC1NC(=O)c1ccc(=O)[nH]c1. The van der Waals surface area contributed by atoms with Crippen LogP contribution in [0.4, 0.5) is 0 Å². The van der Waals surface area contributed by atoms with Crippen LogP contribution in [0.1, 0.15) is 23.7 Å². The number of carbonyl (C=O) groups is 1. The summed E-state index contributed by atoms with van der Waals surface area (Å²) in [6, 6.07) is 2.90. The van der Waals surface area contributed by atoms with Crippen LogP contribution in [0.3, 0.4) is 0 Å². The van der Waals surface area contributed by atoms with Crippen molar-refractivity contribution in [3.63, 3.8) is 0 Å². The first-order valence-electron chi connectivity index (χ1n) is 5.28. The van der Waals surface area contributed by atoms with E-state index < -0.39 is 0 Å². The molecule has 1 aromatic rings. The van der Waals surface area contributed by atoms with Gasteiger partial charge in [-0.25, -0.2) is 0 Å². The Kier molecular flexibility index (Phi) is 3.05. The lowest BCUT2D eigenvalue weighted by molar-refractivity contribution is 0.0866. The molecule has 0 aliphatic carbocycles. The lowest BCUT2D eigenvalue weighted by Crippen LogP contribution is -2.39. The lowest BCUT2D eigenvalue weighted by Gasteiger charge is -2.15. The maximum atomic E-state index is 11.8. The fourth-order valence-electron chi connectivity index (χ4n) is 1.72. The first-order valence-corrected chi connectivity index (χ1v) is 5.28. The molecule has 5 heteroatoms. The molecule has 1 fully saturated rings. The molecule has 5 nitrogen and oxygen atoms in total. The van der Waals surface area contributed by atoms with E-state index in [4.69, 9.17) is 4.74 Å². The highest BCUT2D eigenvalue weighted by molar-refractivity contribution is 5.94. The molecule has 1 aliphatic heterocycles. The number of hydrogen-bond donors (Lipinski definition) is 2. The van der Waals surface area contributed by atoms with E-state index in [1.54, 1.807) is 0 Å². The van der Waals surface area contributed by atoms with Gasteiger partial charge in [-0.05, 0) is 19.4 Å². The molecule has 16 heavy (non-hydrogen) atoms. The van der Waals surface area contributed by atoms with Crippen molar-refractivity contribution < 1.29 is 9.53 Å². The summed E-state index contributed by atoms with van der Waals surface area (Å²) >= 11 is 0. The predicted molar refractivity (Wildman–Crippen MR) is 58.3 cm³/mol. The van der Waals surface area contributed by atoms with Crippen molar-refractivity contribution in [1.82, 2.24) is 10.3 Å². The van der Waals surface area contributed by atoms with Crippen molar-refractivity contribution in [2.24, 2.45) is 0 Å². The summed E-state index contributed by atoms with van der Waals surface area (Å²) in [5.41, 5.74) is 0.243. The maximum absolute atomic E-state index is 11.8. The highest BCUT2D eigenvalue weighted by Gasteiger charge is 2.25. The van der Waals surface area contributed by atoms with Crippen LogP contribution in [-0.4, -0.2) is 29.6 Å². The van der Waals surface area contributed by atoms with Gasteiger partial charge in [0.1, 0.15) is 0 Å². The van der Waals surface area contributed by atoms with Gasteiger partial charge in [-0.2, -0.15) is 0 Å². The Morgan fingerprint density at radius 1 is 1.56 bits per heavy atom. The average Bonchev–Trinajstić information content (AvgIpc) is 2.65. The fourth-order valence-corrected chi connectivity index (χ4v) is 1.72. The second kappa shape index (κ2) is 4.49. The van der Waals surface area contributed by atoms with Crippen molar-refractivity contribution in [1.29, 1.82) is 0 Å². The van der Waals surface area contributed by atoms with Crippen LogP contribution < -0.4 is 10.9 Å². The van der Waals surface area contributed by atoms with Crippen LogP contribution in [-0.2, 0) is 4.74 Å². The summed E-state index contributed by atoms with van der Waals surface area (Å²) < 4.78 is 5.35. The standard InChI is InChI=1S/C11H14N2O3/c1-7-9(4-5-16-7)13-11(15)8-2-3-10(14)12-6-8/h2-3,6-7,9H,4-5H2,1H3,(H,12,14)(H,13,15). The minimum absolute atomic E-state index is 0.0479. The number of nitrogens with one attached hydrogen (secondary N) is 2.